The first-order valence-electron chi connectivity index (χ1n) is 16.3. The molecule has 230 valence electrons. The number of hydrogen-bond acceptors (Lipinski definition) is 7. The molecule has 0 aromatic carbocycles. The maximum absolute atomic E-state index is 13.8. The molecule has 9 heteroatoms. The zero-order chi connectivity index (χ0) is 29.6. The number of esters is 1. The van der Waals surface area contributed by atoms with E-state index in [1.54, 1.807) is 6.20 Å². The molecular formula is C34H45N5O4. The minimum atomic E-state index is -0.329. The van der Waals surface area contributed by atoms with Crippen LogP contribution in [0, 0.1) is 11.8 Å². The molecule has 2 saturated carbocycles. The summed E-state index contributed by atoms with van der Waals surface area (Å²) >= 11 is 0. The first-order chi connectivity index (χ1) is 21.0. The SMILES string of the molecule is CC(=O)OCCOc1ccc(-c2nc3ccc(C(=O)N(CCC4CC4)CCC4CC4)cn3c2CCCN2CCCC2)cn1. The smallest absolute Gasteiger partial charge is 0.302 e. The van der Waals surface area contributed by atoms with E-state index in [0.29, 0.717) is 5.88 Å². The first-order valence-corrected chi connectivity index (χ1v) is 16.3. The number of likely N-dealkylation sites (tertiary alicyclic amines) is 1. The molecule has 3 aromatic heterocycles. The van der Waals surface area contributed by atoms with Crippen molar-refractivity contribution in [3.8, 4) is 17.1 Å². The third-order valence-corrected chi connectivity index (χ3v) is 8.99. The molecule has 43 heavy (non-hydrogen) atoms. The van der Waals surface area contributed by atoms with E-state index in [4.69, 9.17) is 14.5 Å². The topological polar surface area (TPSA) is 89.3 Å². The highest BCUT2D eigenvalue weighted by molar-refractivity contribution is 5.94. The maximum atomic E-state index is 13.8. The Morgan fingerprint density at radius 2 is 1.72 bits per heavy atom. The van der Waals surface area contributed by atoms with Gasteiger partial charge in [-0.05, 0) is 88.2 Å². The number of ether oxygens (including phenoxy) is 2. The minimum absolute atomic E-state index is 0.137. The number of fused-ring (bicyclic) bond motifs is 1. The van der Waals surface area contributed by atoms with Gasteiger partial charge in [0, 0.05) is 44.0 Å². The van der Waals surface area contributed by atoms with Crippen molar-refractivity contribution in [1.82, 2.24) is 24.2 Å². The second-order valence-electron chi connectivity index (χ2n) is 12.5. The number of rotatable bonds is 16. The molecule has 6 rings (SSSR count). The number of carbonyl (C=O) groups excluding carboxylic acids is 2. The van der Waals surface area contributed by atoms with Crippen LogP contribution >= 0.6 is 0 Å². The number of nitrogens with zero attached hydrogens (tertiary/aromatic N) is 5. The van der Waals surface area contributed by atoms with Gasteiger partial charge in [0.15, 0.2) is 0 Å². The number of amides is 1. The molecule has 3 aromatic rings. The van der Waals surface area contributed by atoms with Crippen LogP contribution < -0.4 is 4.74 Å². The van der Waals surface area contributed by atoms with E-state index in [-0.39, 0.29) is 25.1 Å². The number of aromatic nitrogens is 3. The molecule has 0 unspecified atom stereocenters. The number of carbonyl (C=O) groups is 2. The summed E-state index contributed by atoms with van der Waals surface area (Å²) < 4.78 is 12.7. The molecule has 0 bridgehead atoms. The Balaban J connectivity index is 1.23. The predicted molar refractivity (Wildman–Crippen MR) is 165 cm³/mol. The average molecular weight is 588 g/mol. The molecule has 2 aliphatic carbocycles. The summed E-state index contributed by atoms with van der Waals surface area (Å²) in [7, 11) is 0. The van der Waals surface area contributed by atoms with Gasteiger partial charge < -0.3 is 23.7 Å². The van der Waals surface area contributed by atoms with Crippen LogP contribution in [-0.4, -0.2) is 82.0 Å². The minimum Gasteiger partial charge on any atom is -0.474 e. The standard InChI is InChI=1S/C34H45N5O4/c1-25(40)42-21-22-43-32-13-11-28(23-35-32)33-30(5-4-18-37-16-2-3-17-37)39-24-29(10-12-31(39)36-33)34(41)38(19-14-26-6-7-26)20-15-27-8-9-27/h10-13,23-24,26-27H,2-9,14-22H2,1H3. The Morgan fingerprint density at radius 3 is 2.37 bits per heavy atom. The van der Waals surface area contributed by atoms with Crippen molar-refractivity contribution in [3.05, 3.63) is 47.9 Å². The van der Waals surface area contributed by atoms with Gasteiger partial charge in [-0.2, -0.15) is 0 Å². The van der Waals surface area contributed by atoms with Crippen LogP contribution in [0.25, 0.3) is 16.9 Å². The van der Waals surface area contributed by atoms with Crippen molar-refractivity contribution >= 4 is 17.5 Å². The molecule has 0 spiro atoms. The molecular weight excluding hydrogens is 542 g/mol. The van der Waals surface area contributed by atoms with Crippen LogP contribution in [0.15, 0.2) is 36.7 Å². The van der Waals surface area contributed by atoms with E-state index < -0.39 is 0 Å². The van der Waals surface area contributed by atoms with Gasteiger partial charge in [0.05, 0.1) is 17.0 Å². The average Bonchev–Trinajstić information content (AvgIpc) is 3.94. The third-order valence-electron chi connectivity index (χ3n) is 8.99. The fourth-order valence-electron chi connectivity index (χ4n) is 6.09. The highest BCUT2D eigenvalue weighted by Crippen LogP contribution is 2.35. The van der Waals surface area contributed by atoms with Gasteiger partial charge in [-0.25, -0.2) is 9.97 Å². The molecule has 9 nitrogen and oxygen atoms in total. The van der Waals surface area contributed by atoms with Crippen molar-refractivity contribution in [2.45, 2.75) is 71.1 Å². The number of aryl methyl sites for hydroxylation is 1. The summed E-state index contributed by atoms with van der Waals surface area (Å²) in [5, 5.41) is 0. The normalized spacial score (nSPS) is 17.0. The van der Waals surface area contributed by atoms with E-state index in [2.05, 4.69) is 19.2 Å². The van der Waals surface area contributed by atoms with Crippen molar-refractivity contribution < 1.29 is 19.1 Å². The quantitative estimate of drug-likeness (QED) is 0.164. The van der Waals surface area contributed by atoms with Crippen LogP contribution in [-0.2, 0) is 16.0 Å². The summed E-state index contributed by atoms with van der Waals surface area (Å²) in [5.41, 5.74) is 4.49. The lowest BCUT2D eigenvalue weighted by molar-refractivity contribution is -0.141. The second-order valence-corrected chi connectivity index (χ2v) is 12.5. The zero-order valence-electron chi connectivity index (χ0n) is 25.5. The Bertz CT molecular complexity index is 1370. The maximum Gasteiger partial charge on any atom is 0.302 e. The number of imidazole rings is 1. The first kappa shape index (κ1) is 29.6. The fraction of sp³-hybridized carbons (Fsp3) is 0.588. The van der Waals surface area contributed by atoms with Crippen molar-refractivity contribution in [2.24, 2.45) is 11.8 Å². The Labute approximate surface area is 254 Å². The molecule has 1 aliphatic heterocycles. The molecule has 0 atom stereocenters. The fourth-order valence-corrected chi connectivity index (χ4v) is 6.09. The van der Waals surface area contributed by atoms with Gasteiger partial charge in [-0.3, -0.25) is 9.59 Å². The molecule has 0 N–H and O–H groups in total. The summed E-state index contributed by atoms with van der Waals surface area (Å²) in [6, 6.07) is 7.74. The monoisotopic (exact) mass is 587 g/mol. The largest absolute Gasteiger partial charge is 0.474 e. The van der Waals surface area contributed by atoms with Crippen LogP contribution in [0.2, 0.25) is 0 Å². The summed E-state index contributed by atoms with van der Waals surface area (Å²) in [4.78, 5) is 39.0. The molecule has 0 radical (unpaired) electrons. The van der Waals surface area contributed by atoms with Gasteiger partial charge >= 0.3 is 5.97 Å². The highest BCUT2D eigenvalue weighted by atomic mass is 16.6. The Kier molecular flexibility index (Phi) is 9.56. The van der Waals surface area contributed by atoms with Gasteiger partial charge in [0.2, 0.25) is 5.88 Å². The molecule has 4 heterocycles. The predicted octanol–water partition coefficient (Wildman–Crippen LogP) is 5.41. The second kappa shape index (κ2) is 13.9. The lowest BCUT2D eigenvalue weighted by Crippen LogP contribution is -2.33. The van der Waals surface area contributed by atoms with Crippen LogP contribution in [0.1, 0.15) is 80.8 Å². The molecule has 1 saturated heterocycles. The summed E-state index contributed by atoms with van der Waals surface area (Å²) in [6.45, 7) is 6.94. The van der Waals surface area contributed by atoms with Crippen LogP contribution in [0.3, 0.4) is 0 Å². The van der Waals surface area contributed by atoms with E-state index in [1.165, 1.54) is 58.5 Å². The van der Waals surface area contributed by atoms with Gasteiger partial charge in [-0.15, -0.1) is 0 Å². The van der Waals surface area contributed by atoms with E-state index >= 15 is 0 Å². The lowest BCUT2D eigenvalue weighted by atomic mass is 10.1. The zero-order valence-corrected chi connectivity index (χ0v) is 25.5. The van der Waals surface area contributed by atoms with Gasteiger partial charge in [0.25, 0.3) is 5.91 Å². The van der Waals surface area contributed by atoms with Crippen LogP contribution in [0.4, 0.5) is 0 Å². The van der Waals surface area contributed by atoms with Crippen molar-refractivity contribution in [3.63, 3.8) is 0 Å². The summed E-state index contributed by atoms with van der Waals surface area (Å²) in [5.74, 6) is 1.89. The van der Waals surface area contributed by atoms with Crippen LogP contribution in [0.5, 0.6) is 5.88 Å². The van der Waals surface area contributed by atoms with Crippen molar-refractivity contribution in [1.29, 1.82) is 0 Å². The van der Waals surface area contributed by atoms with Gasteiger partial charge in [-0.1, -0.05) is 25.7 Å². The lowest BCUT2D eigenvalue weighted by Gasteiger charge is -2.23. The Hall–Kier alpha value is -3.46. The molecule has 3 aliphatic rings. The van der Waals surface area contributed by atoms with E-state index in [0.717, 1.165) is 85.3 Å². The summed E-state index contributed by atoms with van der Waals surface area (Å²) in [6.07, 6.45) is 15.7. The highest BCUT2D eigenvalue weighted by Gasteiger charge is 2.27. The van der Waals surface area contributed by atoms with E-state index in [1.807, 2.05) is 30.5 Å². The number of hydrogen-bond donors (Lipinski definition) is 0. The number of pyridine rings is 2. The third kappa shape index (κ3) is 8.13. The van der Waals surface area contributed by atoms with E-state index in [9.17, 15) is 9.59 Å². The Morgan fingerprint density at radius 1 is 0.977 bits per heavy atom. The molecule has 3 fully saturated rings. The van der Waals surface area contributed by atoms with Crippen molar-refractivity contribution in [2.75, 3.05) is 45.9 Å². The van der Waals surface area contributed by atoms with Gasteiger partial charge in [0.1, 0.15) is 18.9 Å². The molecule has 1 amide bonds.